The summed E-state index contributed by atoms with van der Waals surface area (Å²) in [7, 11) is 0. The third-order valence-electron chi connectivity index (χ3n) is 3.77. The van der Waals surface area contributed by atoms with Gasteiger partial charge in [-0.1, -0.05) is 36.4 Å². The van der Waals surface area contributed by atoms with E-state index in [4.69, 9.17) is 0 Å². The molecule has 1 aromatic heterocycles. The van der Waals surface area contributed by atoms with Gasteiger partial charge >= 0.3 is 0 Å². The average Bonchev–Trinajstić information content (AvgIpc) is 2.60. The fourth-order valence-electron chi connectivity index (χ4n) is 2.47. The van der Waals surface area contributed by atoms with Gasteiger partial charge in [-0.25, -0.2) is 0 Å². The minimum atomic E-state index is -0.109. The number of carbonyl (C=O) groups excluding carboxylic acids is 1. The van der Waals surface area contributed by atoms with Crippen molar-refractivity contribution in [2.75, 3.05) is 0 Å². The zero-order chi connectivity index (χ0) is 16.1. The van der Waals surface area contributed by atoms with Crippen LogP contribution in [0.3, 0.4) is 0 Å². The molecule has 3 rings (SSSR count). The third kappa shape index (κ3) is 3.83. The van der Waals surface area contributed by atoms with E-state index in [-0.39, 0.29) is 11.9 Å². The summed E-state index contributed by atoms with van der Waals surface area (Å²) in [5, 5.41) is 5.37. The van der Waals surface area contributed by atoms with Crippen LogP contribution in [0.4, 0.5) is 0 Å². The predicted molar refractivity (Wildman–Crippen MR) is 93.8 cm³/mol. The van der Waals surface area contributed by atoms with E-state index in [2.05, 4.69) is 40.6 Å². The highest BCUT2D eigenvalue weighted by molar-refractivity contribution is 5.92. The summed E-state index contributed by atoms with van der Waals surface area (Å²) in [6, 6.07) is 18.1. The number of hydrogen-bond acceptors (Lipinski definition) is 2. The van der Waals surface area contributed by atoms with Crippen LogP contribution < -0.4 is 5.32 Å². The van der Waals surface area contributed by atoms with E-state index in [0.717, 1.165) is 11.1 Å². The predicted octanol–water partition coefficient (Wildman–Crippen LogP) is 4.13. The SMILES string of the molecule is CC(NC(=O)/C=C/c1ccncc1)c1ccc2ccccc2c1. The lowest BCUT2D eigenvalue weighted by Gasteiger charge is -2.13. The van der Waals surface area contributed by atoms with Gasteiger partial charge in [-0.15, -0.1) is 0 Å². The fraction of sp³-hybridized carbons (Fsp3) is 0.100. The van der Waals surface area contributed by atoms with Crippen molar-refractivity contribution in [1.29, 1.82) is 0 Å². The Hall–Kier alpha value is -2.94. The number of aromatic nitrogens is 1. The number of fused-ring (bicyclic) bond motifs is 1. The highest BCUT2D eigenvalue weighted by Gasteiger charge is 2.08. The fourth-order valence-corrected chi connectivity index (χ4v) is 2.47. The molecule has 1 N–H and O–H groups in total. The average molecular weight is 302 g/mol. The Bertz CT molecular complexity index is 840. The van der Waals surface area contributed by atoms with Crippen LogP contribution in [-0.2, 0) is 4.79 Å². The second kappa shape index (κ2) is 6.88. The molecule has 0 radical (unpaired) electrons. The molecule has 1 atom stereocenters. The normalized spacial score (nSPS) is 12.4. The molecule has 114 valence electrons. The number of amides is 1. The first-order chi connectivity index (χ1) is 11.2. The molecule has 0 fully saturated rings. The third-order valence-corrected chi connectivity index (χ3v) is 3.77. The van der Waals surface area contributed by atoms with Crippen LogP contribution in [0.5, 0.6) is 0 Å². The summed E-state index contributed by atoms with van der Waals surface area (Å²) in [6.45, 7) is 1.99. The number of hydrogen-bond donors (Lipinski definition) is 1. The number of benzene rings is 2. The number of carbonyl (C=O) groups is 1. The van der Waals surface area contributed by atoms with Crippen molar-refractivity contribution in [2.45, 2.75) is 13.0 Å². The Labute approximate surface area is 135 Å². The molecule has 0 aliphatic rings. The quantitative estimate of drug-likeness (QED) is 0.736. The van der Waals surface area contributed by atoms with Gasteiger partial charge in [0, 0.05) is 18.5 Å². The summed E-state index contributed by atoms with van der Waals surface area (Å²) in [5.41, 5.74) is 2.04. The molecule has 1 heterocycles. The number of rotatable bonds is 4. The van der Waals surface area contributed by atoms with Crippen molar-refractivity contribution in [1.82, 2.24) is 10.3 Å². The Balaban J connectivity index is 1.68. The monoisotopic (exact) mass is 302 g/mol. The summed E-state index contributed by atoms with van der Waals surface area (Å²) in [4.78, 5) is 16.0. The lowest BCUT2D eigenvalue weighted by atomic mass is 10.0. The van der Waals surface area contributed by atoms with Crippen LogP contribution in [0.15, 0.2) is 73.1 Å². The maximum absolute atomic E-state index is 12.1. The molecule has 0 spiro atoms. The molecular weight excluding hydrogens is 284 g/mol. The molecular formula is C20H18N2O. The lowest BCUT2D eigenvalue weighted by Crippen LogP contribution is -2.24. The van der Waals surface area contributed by atoms with E-state index >= 15 is 0 Å². The van der Waals surface area contributed by atoms with Crippen molar-refractivity contribution < 1.29 is 4.79 Å². The second-order valence-electron chi connectivity index (χ2n) is 5.45. The smallest absolute Gasteiger partial charge is 0.244 e. The van der Waals surface area contributed by atoms with Crippen LogP contribution in [0.1, 0.15) is 24.1 Å². The van der Waals surface area contributed by atoms with Crippen LogP contribution in [0.2, 0.25) is 0 Å². The molecule has 3 nitrogen and oxygen atoms in total. The first-order valence-electron chi connectivity index (χ1n) is 7.60. The Morgan fingerprint density at radius 2 is 1.78 bits per heavy atom. The zero-order valence-electron chi connectivity index (χ0n) is 12.9. The van der Waals surface area contributed by atoms with Gasteiger partial charge in [0.1, 0.15) is 0 Å². The standard InChI is InChI=1S/C20H18N2O/c1-15(18-8-7-17-4-2-3-5-19(17)14-18)22-20(23)9-6-16-10-12-21-13-11-16/h2-15H,1H3,(H,22,23)/b9-6+. The number of nitrogens with zero attached hydrogens (tertiary/aromatic N) is 1. The van der Waals surface area contributed by atoms with Crippen molar-refractivity contribution in [3.8, 4) is 0 Å². The highest BCUT2D eigenvalue weighted by atomic mass is 16.1. The second-order valence-corrected chi connectivity index (χ2v) is 5.45. The van der Waals surface area contributed by atoms with Crippen molar-refractivity contribution in [3.63, 3.8) is 0 Å². The maximum atomic E-state index is 12.1. The van der Waals surface area contributed by atoms with Crippen LogP contribution in [-0.4, -0.2) is 10.9 Å². The molecule has 1 amide bonds. The summed E-state index contributed by atoms with van der Waals surface area (Å²) in [6.07, 6.45) is 6.74. The Morgan fingerprint density at radius 1 is 1.04 bits per heavy atom. The van der Waals surface area contributed by atoms with Crippen molar-refractivity contribution >= 4 is 22.8 Å². The van der Waals surface area contributed by atoms with Crippen LogP contribution in [0, 0.1) is 0 Å². The molecule has 23 heavy (non-hydrogen) atoms. The van der Waals surface area contributed by atoms with E-state index in [9.17, 15) is 4.79 Å². The number of pyridine rings is 1. The van der Waals surface area contributed by atoms with Crippen LogP contribution in [0.25, 0.3) is 16.8 Å². The molecule has 0 saturated carbocycles. The van der Waals surface area contributed by atoms with E-state index in [1.807, 2.05) is 31.2 Å². The van der Waals surface area contributed by atoms with Crippen LogP contribution >= 0.6 is 0 Å². The van der Waals surface area contributed by atoms with Gasteiger partial charge in [0.2, 0.25) is 5.91 Å². The topological polar surface area (TPSA) is 42.0 Å². The van der Waals surface area contributed by atoms with E-state index < -0.39 is 0 Å². The Kier molecular flexibility index (Phi) is 4.48. The molecule has 0 saturated heterocycles. The van der Waals surface area contributed by atoms with Gasteiger partial charge in [0.05, 0.1) is 6.04 Å². The van der Waals surface area contributed by atoms with Gasteiger partial charge in [-0.2, -0.15) is 0 Å². The minimum absolute atomic E-state index is 0.0470. The first kappa shape index (κ1) is 15.0. The summed E-state index contributed by atoms with van der Waals surface area (Å²) < 4.78 is 0. The lowest BCUT2D eigenvalue weighted by molar-refractivity contribution is -0.117. The summed E-state index contributed by atoms with van der Waals surface area (Å²) in [5.74, 6) is -0.109. The van der Waals surface area contributed by atoms with Gasteiger partial charge in [-0.05, 0) is 53.1 Å². The summed E-state index contributed by atoms with van der Waals surface area (Å²) >= 11 is 0. The van der Waals surface area contributed by atoms with Gasteiger partial charge in [0.15, 0.2) is 0 Å². The molecule has 3 heteroatoms. The first-order valence-corrected chi connectivity index (χ1v) is 7.60. The number of nitrogens with one attached hydrogen (secondary N) is 1. The minimum Gasteiger partial charge on any atom is -0.346 e. The van der Waals surface area contributed by atoms with Crippen molar-refractivity contribution in [3.05, 3.63) is 84.2 Å². The maximum Gasteiger partial charge on any atom is 0.244 e. The largest absolute Gasteiger partial charge is 0.346 e. The van der Waals surface area contributed by atoms with E-state index in [0.29, 0.717) is 0 Å². The van der Waals surface area contributed by atoms with Gasteiger partial charge in [0.25, 0.3) is 0 Å². The molecule has 2 aromatic carbocycles. The molecule has 0 aliphatic carbocycles. The van der Waals surface area contributed by atoms with Crippen molar-refractivity contribution in [2.24, 2.45) is 0 Å². The van der Waals surface area contributed by atoms with E-state index in [1.165, 1.54) is 10.8 Å². The van der Waals surface area contributed by atoms with Gasteiger partial charge in [-0.3, -0.25) is 9.78 Å². The Morgan fingerprint density at radius 3 is 2.57 bits per heavy atom. The van der Waals surface area contributed by atoms with Gasteiger partial charge < -0.3 is 5.32 Å². The molecule has 3 aromatic rings. The molecule has 0 bridgehead atoms. The molecule has 1 unspecified atom stereocenters. The molecule has 0 aliphatic heterocycles. The van der Waals surface area contributed by atoms with E-state index in [1.54, 1.807) is 24.5 Å². The zero-order valence-corrected chi connectivity index (χ0v) is 12.9. The highest BCUT2D eigenvalue weighted by Crippen LogP contribution is 2.20.